The number of thiophene rings is 1. The normalized spacial score (nSPS) is 19.6. The lowest BCUT2D eigenvalue weighted by Gasteiger charge is -2.28. The Hall–Kier alpha value is -1.76. The maximum absolute atomic E-state index is 12.0. The lowest BCUT2D eigenvalue weighted by atomic mass is 10.1. The van der Waals surface area contributed by atoms with Gasteiger partial charge in [-0.2, -0.15) is 0 Å². The van der Waals surface area contributed by atoms with Crippen molar-refractivity contribution in [2.24, 2.45) is 0 Å². The molecule has 0 unspecified atom stereocenters. The molecule has 1 aliphatic rings. The van der Waals surface area contributed by atoms with E-state index in [1.165, 1.54) is 4.88 Å². The lowest BCUT2D eigenvalue weighted by Crippen LogP contribution is -2.35. The molecule has 0 aliphatic carbocycles. The molecule has 25 heavy (non-hydrogen) atoms. The number of aromatic nitrogens is 1. The highest BCUT2D eigenvalue weighted by molar-refractivity contribution is 7.91. The number of sulfone groups is 1. The van der Waals surface area contributed by atoms with Crippen LogP contribution in [0.4, 0.5) is 0 Å². The highest BCUT2D eigenvalue weighted by Gasteiger charge is 2.32. The Morgan fingerprint density at radius 1 is 1.12 bits per heavy atom. The average Bonchev–Trinajstić information content (AvgIpc) is 3.24. The van der Waals surface area contributed by atoms with Gasteiger partial charge in [0, 0.05) is 35.6 Å². The largest absolute Gasteiger partial charge is 0.290 e. The van der Waals surface area contributed by atoms with E-state index in [-0.39, 0.29) is 11.8 Å². The molecule has 0 amide bonds. The lowest BCUT2D eigenvalue weighted by molar-refractivity contribution is 0.197. The van der Waals surface area contributed by atoms with E-state index in [1.54, 1.807) is 11.3 Å². The van der Waals surface area contributed by atoms with Crippen LogP contribution in [0.3, 0.4) is 0 Å². The Labute approximate surface area is 152 Å². The highest BCUT2D eigenvalue weighted by atomic mass is 32.2. The first-order valence-electron chi connectivity index (χ1n) is 8.40. The first-order valence-corrected chi connectivity index (χ1v) is 11.1. The Bertz CT molecular complexity index is 963. The van der Waals surface area contributed by atoms with Crippen molar-refractivity contribution >= 4 is 32.1 Å². The molecule has 0 spiro atoms. The second-order valence-corrected chi connectivity index (χ2v) is 9.79. The number of fused-ring (bicyclic) bond motifs is 1. The van der Waals surface area contributed by atoms with E-state index in [0.717, 1.165) is 23.0 Å². The third-order valence-electron chi connectivity index (χ3n) is 4.75. The summed E-state index contributed by atoms with van der Waals surface area (Å²) in [4.78, 5) is 8.11. The monoisotopic (exact) mass is 372 g/mol. The molecule has 1 aliphatic heterocycles. The van der Waals surface area contributed by atoms with Crippen molar-refractivity contribution in [3.8, 4) is 0 Å². The Balaban J connectivity index is 1.65. The quantitative estimate of drug-likeness (QED) is 0.688. The highest BCUT2D eigenvalue weighted by Crippen LogP contribution is 2.25. The molecule has 1 saturated heterocycles. The molecule has 1 aromatic carbocycles. The number of hydrogen-bond acceptors (Lipinski definition) is 5. The Morgan fingerprint density at radius 3 is 2.76 bits per heavy atom. The van der Waals surface area contributed by atoms with Gasteiger partial charge in [-0.05, 0) is 29.5 Å². The second kappa shape index (κ2) is 6.86. The van der Waals surface area contributed by atoms with Gasteiger partial charge >= 0.3 is 0 Å². The summed E-state index contributed by atoms with van der Waals surface area (Å²) >= 11 is 1.72. The summed E-state index contributed by atoms with van der Waals surface area (Å²) in [5.74, 6) is 0.558. The number of para-hydroxylation sites is 1. The Kier molecular flexibility index (Phi) is 4.58. The molecule has 6 heteroatoms. The van der Waals surface area contributed by atoms with Gasteiger partial charge in [0.25, 0.3) is 0 Å². The second-order valence-electron chi connectivity index (χ2n) is 6.53. The summed E-state index contributed by atoms with van der Waals surface area (Å²) in [6.45, 7) is 1.49. The van der Waals surface area contributed by atoms with Gasteiger partial charge in [0.05, 0.1) is 17.0 Å². The molecule has 4 nitrogen and oxygen atoms in total. The molecule has 1 fully saturated rings. The van der Waals surface area contributed by atoms with Crippen molar-refractivity contribution in [3.05, 3.63) is 64.5 Å². The van der Waals surface area contributed by atoms with Gasteiger partial charge in [-0.15, -0.1) is 11.3 Å². The van der Waals surface area contributed by atoms with Gasteiger partial charge in [0.1, 0.15) is 0 Å². The summed E-state index contributed by atoms with van der Waals surface area (Å²) in [6.07, 6.45) is 2.53. The molecule has 130 valence electrons. The van der Waals surface area contributed by atoms with Crippen molar-refractivity contribution in [2.75, 3.05) is 11.5 Å². The summed E-state index contributed by atoms with van der Waals surface area (Å²) in [5, 5.41) is 3.19. The zero-order chi connectivity index (χ0) is 17.3. The third-order valence-corrected chi connectivity index (χ3v) is 7.37. The number of benzene rings is 1. The van der Waals surface area contributed by atoms with Crippen molar-refractivity contribution in [1.29, 1.82) is 0 Å². The predicted molar refractivity (Wildman–Crippen MR) is 102 cm³/mol. The topological polar surface area (TPSA) is 50.3 Å². The number of rotatable bonds is 5. The molecule has 2 aromatic heterocycles. The van der Waals surface area contributed by atoms with Crippen molar-refractivity contribution in [2.45, 2.75) is 25.6 Å². The minimum Gasteiger partial charge on any atom is -0.290 e. The predicted octanol–water partition coefficient (Wildman–Crippen LogP) is 3.49. The minimum atomic E-state index is -2.91. The summed E-state index contributed by atoms with van der Waals surface area (Å²) in [7, 11) is -2.91. The van der Waals surface area contributed by atoms with Crippen molar-refractivity contribution in [3.63, 3.8) is 0 Å². The number of nitrogens with zero attached hydrogens (tertiary/aromatic N) is 2. The van der Waals surface area contributed by atoms with E-state index in [9.17, 15) is 8.42 Å². The van der Waals surface area contributed by atoms with Crippen LogP contribution in [0.1, 0.15) is 16.9 Å². The van der Waals surface area contributed by atoms with E-state index >= 15 is 0 Å². The smallest absolute Gasteiger partial charge is 0.151 e. The molecule has 4 rings (SSSR count). The maximum Gasteiger partial charge on any atom is 0.151 e. The standard InChI is InChI=1S/C19H20N2O2S2/c22-25(23)11-8-17(14-25)21(13-18-7-3-10-24-18)12-16-5-1-4-15-6-2-9-20-19(15)16/h1-7,9-10,17H,8,11-14H2/t17-/m0/s1. The van der Waals surface area contributed by atoms with E-state index in [4.69, 9.17) is 0 Å². The molecule has 0 bridgehead atoms. The van der Waals surface area contributed by atoms with Crippen LogP contribution >= 0.6 is 11.3 Å². The van der Waals surface area contributed by atoms with E-state index in [0.29, 0.717) is 18.7 Å². The fourth-order valence-corrected chi connectivity index (χ4v) is 5.98. The summed E-state index contributed by atoms with van der Waals surface area (Å²) in [6, 6.07) is 14.5. The molecule has 0 N–H and O–H groups in total. The Morgan fingerprint density at radius 2 is 2.00 bits per heavy atom. The van der Waals surface area contributed by atoms with Crippen LogP contribution in [0.15, 0.2) is 54.0 Å². The molecule has 3 heterocycles. The number of pyridine rings is 1. The summed E-state index contributed by atoms with van der Waals surface area (Å²) < 4.78 is 24.0. The van der Waals surface area contributed by atoms with Crippen LogP contribution in [0.25, 0.3) is 10.9 Å². The van der Waals surface area contributed by atoms with E-state index < -0.39 is 9.84 Å². The van der Waals surface area contributed by atoms with Crippen LogP contribution in [-0.2, 0) is 22.9 Å². The first-order chi connectivity index (χ1) is 12.1. The van der Waals surface area contributed by atoms with Gasteiger partial charge in [-0.3, -0.25) is 9.88 Å². The van der Waals surface area contributed by atoms with Crippen molar-refractivity contribution in [1.82, 2.24) is 9.88 Å². The molecule has 3 aromatic rings. The molecule has 0 saturated carbocycles. The zero-order valence-corrected chi connectivity index (χ0v) is 15.5. The third kappa shape index (κ3) is 3.76. The fraction of sp³-hybridized carbons (Fsp3) is 0.316. The van der Waals surface area contributed by atoms with E-state index in [2.05, 4.69) is 39.5 Å². The van der Waals surface area contributed by atoms with Crippen LogP contribution < -0.4 is 0 Å². The van der Waals surface area contributed by atoms with Crippen LogP contribution in [0.2, 0.25) is 0 Å². The maximum atomic E-state index is 12.0. The SMILES string of the molecule is O=S1(=O)CC[C@H](N(Cc2cccs2)Cc2cccc3cccnc23)C1. The molecular formula is C19H20N2O2S2. The van der Waals surface area contributed by atoms with Gasteiger partial charge in [0.2, 0.25) is 0 Å². The summed E-state index contributed by atoms with van der Waals surface area (Å²) in [5.41, 5.74) is 2.15. The van der Waals surface area contributed by atoms with Gasteiger partial charge < -0.3 is 0 Å². The fourth-order valence-electron chi connectivity index (χ4n) is 3.49. The van der Waals surface area contributed by atoms with Gasteiger partial charge in [-0.1, -0.05) is 30.3 Å². The minimum absolute atomic E-state index is 0.0751. The first kappa shape index (κ1) is 16.7. The molecule has 0 radical (unpaired) electrons. The van der Waals surface area contributed by atoms with Crippen LogP contribution in [0, 0.1) is 0 Å². The van der Waals surface area contributed by atoms with Crippen molar-refractivity contribution < 1.29 is 8.42 Å². The van der Waals surface area contributed by atoms with Crippen LogP contribution in [-0.4, -0.2) is 35.8 Å². The number of hydrogen-bond donors (Lipinski definition) is 0. The van der Waals surface area contributed by atoms with Gasteiger partial charge in [0.15, 0.2) is 9.84 Å². The molecular weight excluding hydrogens is 352 g/mol. The van der Waals surface area contributed by atoms with Gasteiger partial charge in [-0.25, -0.2) is 8.42 Å². The molecule has 1 atom stereocenters. The van der Waals surface area contributed by atoms with Crippen LogP contribution in [0.5, 0.6) is 0 Å². The zero-order valence-electron chi connectivity index (χ0n) is 13.8. The van der Waals surface area contributed by atoms with E-state index in [1.807, 2.05) is 24.4 Å². The average molecular weight is 373 g/mol.